The van der Waals surface area contributed by atoms with Crippen molar-refractivity contribution in [2.24, 2.45) is 0 Å². The molecule has 1 amide bonds. The molecule has 0 spiro atoms. The van der Waals surface area contributed by atoms with Crippen LogP contribution in [0.25, 0.3) is 11.0 Å². The highest BCUT2D eigenvalue weighted by Crippen LogP contribution is 2.45. The van der Waals surface area contributed by atoms with Crippen LogP contribution in [0.15, 0.2) is 62.7 Å². The van der Waals surface area contributed by atoms with Gasteiger partial charge in [-0.25, -0.2) is 0 Å². The summed E-state index contributed by atoms with van der Waals surface area (Å²) in [7, 11) is 4.48. The lowest BCUT2D eigenvalue weighted by Crippen LogP contribution is -2.34. The fraction of sp³-hybridized carbons (Fsp3) is 0.250. The Labute approximate surface area is 198 Å². The summed E-state index contributed by atoms with van der Waals surface area (Å²) in [5.41, 5.74) is 0.908. The van der Waals surface area contributed by atoms with Crippen molar-refractivity contribution in [2.75, 3.05) is 34.5 Å². The van der Waals surface area contributed by atoms with Crippen molar-refractivity contribution in [1.82, 2.24) is 4.90 Å². The number of para-hydroxylation sites is 1. The SMILES string of the molecule is COCCN1C(=O)C(O)=C(C(=O)c2cc3cc(Br)ccc3o2)C1c1cccc(OC)c1OC. The number of methoxy groups -OCH3 is 3. The molecule has 0 saturated carbocycles. The number of benzene rings is 2. The predicted molar refractivity (Wildman–Crippen MR) is 124 cm³/mol. The lowest BCUT2D eigenvalue weighted by atomic mass is 9.94. The Hall–Kier alpha value is -3.30. The van der Waals surface area contributed by atoms with E-state index in [1.54, 1.807) is 36.4 Å². The van der Waals surface area contributed by atoms with Crippen molar-refractivity contribution in [1.29, 1.82) is 0 Å². The average molecular weight is 516 g/mol. The molecule has 2 aromatic carbocycles. The van der Waals surface area contributed by atoms with E-state index >= 15 is 0 Å². The van der Waals surface area contributed by atoms with Gasteiger partial charge in [0, 0.05) is 29.1 Å². The van der Waals surface area contributed by atoms with Gasteiger partial charge in [-0.2, -0.15) is 0 Å². The zero-order valence-corrected chi connectivity index (χ0v) is 19.8. The van der Waals surface area contributed by atoms with Crippen LogP contribution in [-0.4, -0.2) is 56.2 Å². The number of hydrogen-bond acceptors (Lipinski definition) is 7. The highest BCUT2D eigenvalue weighted by Gasteiger charge is 2.45. The molecule has 0 aliphatic carbocycles. The van der Waals surface area contributed by atoms with Crippen LogP contribution in [0.1, 0.15) is 22.2 Å². The minimum absolute atomic E-state index is 0.0119. The number of halogens is 1. The third-order valence-electron chi connectivity index (χ3n) is 5.51. The number of ketones is 1. The highest BCUT2D eigenvalue weighted by molar-refractivity contribution is 9.10. The Morgan fingerprint density at radius 1 is 1.15 bits per heavy atom. The van der Waals surface area contributed by atoms with Crippen molar-refractivity contribution in [3.63, 3.8) is 0 Å². The fourth-order valence-corrected chi connectivity index (χ4v) is 4.39. The summed E-state index contributed by atoms with van der Waals surface area (Å²) in [5.74, 6) is -1.10. The Kier molecular flexibility index (Phi) is 6.44. The van der Waals surface area contributed by atoms with Gasteiger partial charge in [0.2, 0.25) is 5.78 Å². The molecule has 1 aliphatic heterocycles. The Morgan fingerprint density at radius 3 is 2.64 bits per heavy atom. The summed E-state index contributed by atoms with van der Waals surface area (Å²) in [6.07, 6.45) is 0. The summed E-state index contributed by atoms with van der Waals surface area (Å²) < 4.78 is 22.7. The van der Waals surface area contributed by atoms with Crippen LogP contribution in [0, 0.1) is 0 Å². The number of aliphatic hydroxyl groups is 1. The molecule has 1 atom stereocenters. The van der Waals surface area contributed by atoms with Crippen molar-refractivity contribution in [3.05, 3.63) is 69.6 Å². The molecule has 8 nitrogen and oxygen atoms in total. The van der Waals surface area contributed by atoms with Gasteiger partial charge in [0.25, 0.3) is 5.91 Å². The molecular weight excluding hydrogens is 494 g/mol. The van der Waals surface area contributed by atoms with Gasteiger partial charge in [-0.05, 0) is 30.3 Å². The van der Waals surface area contributed by atoms with Crippen molar-refractivity contribution < 1.29 is 33.3 Å². The minimum atomic E-state index is -0.926. The molecule has 0 fully saturated rings. The van der Waals surface area contributed by atoms with Gasteiger partial charge < -0.3 is 28.6 Å². The summed E-state index contributed by atoms with van der Waals surface area (Å²) in [5, 5.41) is 11.5. The third kappa shape index (κ3) is 3.98. The zero-order chi connectivity index (χ0) is 23.7. The number of carbonyl (C=O) groups excluding carboxylic acids is 2. The van der Waals surface area contributed by atoms with Crippen LogP contribution in [0.5, 0.6) is 11.5 Å². The number of aliphatic hydroxyl groups excluding tert-OH is 1. The molecule has 1 aromatic heterocycles. The number of carbonyl (C=O) groups is 2. The van der Waals surface area contributed by atoms with Crippen LogP contribution in [0.3, 0.4) is 0 Å². The van der Waals surface area contributed by atoms with E-state index in [4.69, 9.17) is 18.6 Å². The van der Waals surface area contributed by atoms with E-state index in [2.05, 4.69) is 15.9 Å². The quantitative estimate of drug-likeness (QED) is 0.442. The number of amides is 1. The number of furan rings is 1. The summed E-state index contributed by atoms with van der Waals surface area (Å²) in [4.78, 5) is 28.0. The smallest absolute Gasteiger partial charge is 0.290 e. The van der Waals surface area contributed by atoms with Crippen molar-refractivity contribution >= 4 is 38.6 Å². The van der Waals surface area contributed by atoms with Gasteiger partial charge in [-0.3, -0.25) is 9.59 Å². The molecule has 0 saturated heterocycles. The second kappa shape index (κ2) is 9.29. The summed E-state index contributed by atoms with van der Waals surface area (Å²) >= 11 is 3.40. The maximum Gasteiger partial charge on any atom is 0.290 e. The Morgan fingerprint density at radius 2 is 1.94 bits per heavy atom. The van der Waals surface area contributed by atoms with Crippen LogP contribution in [-0.2, 0) is 9.53 Å². The molecule has 1 N–H and O–H groups in total. The number of rotatable bonds is 8. The molecule has 2 heterocycles. The number of nitrogens with zero attached hydrogens (tertiary/aromatic N) is 1. The van der Waals surface area contributed by atoms with Gasteiger partial charge >= 0.3 is 0 Å². The van der Waals surface area contributed by atoms with Gasteiger partial charge in [0.15, 0.2) is 23.0 Å². The first kappa shape index (κ1) is 22.9. The third-order valence-corrected chi connectivity index (χ3v) is 6.01. The van der Waals surface area contributed by atoms with Gasteiger partial charge in [-0.1, -0.05) is 28.1 Å². The number of fused-ring (bicyclic) bond motifs is 1. The fourth-order valence-electron chi connectivity index (χ4n) is 4.02. The van der Waals surface area contributed by atoms with Crippen LogP contribution >= 0.6 is 15.9 Å². The molecule has 9 heteroatoms. The maximum absolute atomic E-state index is 13.6. The molecule has 4 rings (SSSR count). The number of Topliss-reactive ketones (excluding diaryl/α,β-unsaturated/α-hetero) is 1. The second-order valence-electron chi connectivity index (χ2n) is 7.36. The van der Waals surface area contributed by atoms with Crippen molar-refractivity contribution in [2.45, 2.75) is 6.04 Å². The lowest BCUT2D eigenvalue weighted by molar-refractivity contribution is -0.130. The highest BCUT2D eigenvalue weighted by atomic mass is 79.9. The first-order valence-corrected chi connectivity index (χ1v) is 10.9. The lowest BCUT2D eigenvalue weighted by Gasteiger charge is -2.28. The molecule has 1 unspecified atom stereocenters. The molecule has 0 bridgehead atoms. The first-order chi connectivity index (χ1) is 15.9. The predicted octanol–water partition coefficient (Wildman–Crippen LogP) is 4.44. The van der Waals surface area contributed by atoms with Crippen LogP contribution in [0.4, 0.5) is 0 Å². The number of ether oxygens (including phenoxy) is 3. The second-order valence-corrected chi connectivity index (χ2v) is 8.28. The molecule has 172 valence electrons. The van der Waals surface area contributed by atoms with E-state index in [1.807, 2.05) is 6.07 Å². The van der Waals surface area contributed by atoms with Crippen LogP contribution < -0.4 is 9.47 Å². The maximum atomic E-state index is 13.6. The topological polar surface area (TPSA) is 98.4 Å². The van der Waals surface area contributed by atoms with Gasteiger partial charge in [0.05, 0.1) is 32.4 Å². The Bertz CT molecular complexity index is 1260. The zero-order valence-electron chi connectivity index (χ0n) is 18.3. The van der Waals surface area contributed by atoms with E-state index in [1.165, 1.54) is 26.2 Å². The van der Waals surface area contributed by atoms with Crippen molar-refractivity contribution in [3.8, 4) is 11.5 Å². The normalized spacial score (nSPS) is 16.1. The summed E-state index contributed by atoms with van der Waals surface area (Å²) in [6, 6.07) is 11.2. The molecule has 0 radical (unpaired) electrons. The molecule has 3 aromatic rings. The van der Waals surface area contributed by atoms with E-state index in [9.17, 15) is 14.7 Å². The average Bonchev–Trinajstić information content (AvgIpc) is 3.35. The molecular formula is C24H22BrNO7. The molecule has 33 heavy (non-hydrogen) atoms. The summed E-state index contributed by atoms with van der Waals surface area (Å²) in [6.45, 7) is 0.357. The van der Waals surface area contributed by atoms with Gasteiger partial charge in [0.1, 0.15) is 5.58 Å². The van der Waals surface area contributed by atoms with Gasteiger partial charge in [-0.15, -0.1) is 0 Å². The minimum Gasteiger partial charge on any atom is -0.503 e. The number of hydrogen-bond donors (Lipinski definition) is 1. The largest absolute Gasteiger partial charge is 0.503 e. The molecule has 1 aliphatic rings. The van der Waals surface area contributed by atoms with Crippen LogP contribution in [0.2, 0.25) is 0 Å². The standard InChI is InChI=1S/C24H22BrNO7/c1-30-10-9-26-20(15-5-4-6-17(31-2)23(15)32-3)19(22(28)24(26)29)21(27)18-12-13-11-14(25)7-8-16(13)33-18/h4-8,11-12,20,28H,9-10H2,1-3H3. The van der Waals surface area contributed by atoms with E-state index in [-0.39, 0.29) is 24.5 Å². The van der Waals surface area contributed by atoms with E-state index in [0.717, 1.165) is 4.47 Å². The van der Waals surface area contributed by atoms with E-state index < -0.39 is 23.5 Å². The van der Waals surface area contributed by atoms with E-state index in [0.29, 0.717) is 28.0 Å². The first-order valence-electron chi connectivity index (χ1n) is 10.1. The Balaban J connectivity index is 1.86. The monoisotopic (exact) mass is 515 g/mol.